The van der Waals surface area contributed by atoms with Gasteiger partial charge in [0, 0.05) is 33.1 Å². The Morgan fingerprint density at radius 2 is 1.75 bits per heavy atom. The Morgan fingerprint density at radius 3 is 2.33 bits per heavy atom. The van der Waals surface area contributed by atoms with Crippen molar-refractivity contribution >= 4 is 11.9 Å². The van der Waals surface area contributed by atoms with Crippen LogP contribution < -0.4 is 10.6 Å². The molecule has 1 aromatic carbocycles. The van der Waals surface area contributed by atoms with Crippen molar-refractivity contribution in [3.8, 4) is 0 Å². The van der Waals surface area contributed by atoms with E-state index in [9.17, 15) is 4.79 Å². The van der Waals surface area contributed by atoms with Crippen molar-refractivity contribution in [2.24, 2.45) is 4.99 Å². The summed E-state index contributed by atoms with van der Waals surface area (Å²) in [7, 11) is 2.02. The first kappa shape index (κ1) is 20.0. The second-order valence-electron chi connectivity index (χ2n) is 5.86. The van der Waals surface area contributed by atoms with Gasteiger partial charge in [0.25, 0.3) is 0 Å². The van der Waals surface area contributed by atoms with Crippen molar-refractivity contribution < 1.29 is 4.79 Å². The fourth-order valence-corrected chi connectivity index (χ4v) is 2.31. The van der Waals surface area contributed by atoms with Crippen LogP contribution in [0.3, 0.4) is 0 Å². The van der Waals surface area contributed by atoms with Crippen molar-refractivity contribution in [1.29, 1.82) is 0 Å². The Morgan fingerprint density at radius 1 is 1.08 bits per heavy atom. The molecule has 0 unspecified atom stereocenters. The number of carbonyl (C=O) groups excluding carboxylic acids is 1. The highest BCUT2D eigenvalue weighted by atomic mass is 16.1. The number of hydrogen-bond donors (Lipinski definition) is 2. The van der Waals surface area contributed by atoms with E-state index in [1.54, 1.807) is 0 Å². The fraction of sp³-hybridized carbons (Fsp3) is 0.579. The topological polar surface area (TPSA) is 56.7 Å². The summed E-state index contributed by atoms with van der Waals surface area (Å²) in [6, 6.07) is 8.67. The molecule has 5 heteroatoms. The minimum Gasteiger partial charge on any atom is -0.357 e. The zero-order valence-electron chi connectivity index (χ0n) is 15.6. The van der Waals surface area contributed by atoms with E-state index in [1.807, 2.05) is 20.9 Å². The number of rotatable bonds is 9. The van der Waals surface area contributed by atoms with Crippen molar-refractivity contribution in [3.63, 3.8) is 0 Å². The number of hydrogen-bond acceptors (Lipinski definition) is 2. The van der Waals surface area contributed by atoms with Crippen molar-refractivity contribution in [3.05, 3.63) is 35.4 Å². The highest BCUT2D eigenvalue weighted by Gasteiger charge is 2.07. The van der Waals surface area contributed by atoms with E-state index >= 15 is 0 Å². The standard InChI is InChI=1S/C19H32N4O/c1-5-13-21-18(24)12-14-22-19(20-7-3)23(4)15-17-10-8-16(6-2)9-11-17/h8-11H,5-7,12-15H2,1-4H3,(H,20,22)(H,21,24). The summed E-state index contributed by atoms with van der Waals surface area (Å²) in [5.74, 6) is 0.898. The molecule has 1 amide bonds. The lowest BCUT2D eigenvalue weighted by atomic mass is 10.1. The summed E-state index contributed by atoms with van der Waals surface area (Å²) in [6.45, 7) is 9.08. The molecule has 0 aliphatic carbocycles. The SMILES string of the molecule is CCCNC(=O)CCN=C(NCC)N(C)Cc1ccc(CC)cc1. The van der Waals surface area contributed by atoms with E-state index in [4.69, 9.17) is 0 Å². The minimum atomic E-state index is 0.0641. The molecular formula is C19H32N4O. The van der Waals surface area contributed by atoms with E-state index in [0.29, 0.717) is 13.0 Å². The molecule has 5 nitrogen and oxygen atoms in total. The molecule has 24 heavy (non-hydrogen) atoms. The van der Waals surface area contributed by atoms with Gasteiger partial charge in [-0.05, 0) is 30.9 Å². The van der Waals surface area contributed by atoms with Gasteiger partial charge in [-0.25, -0.2) is 0 Å². The third-order valence-electron chi connectivity index (χ3n) is 3.72. The van der Waals surface area contributed by atoms with Crippen LogP contribution in [-0.2, 0) is 17.8 Å². The third kappa shape index (κ3) is 7.49. The highest BCUT2D eigenvalue weighted by Crippen LogP contribution is 2.07. The molecule has 0 aliphatic rings. The molecular weight excluding hydrogens is 300 g/mol. The monoisotopic (exact) mass is 332 g/mol. The van der Waals surface area contributed by atoms with E-state index < -0.39 is 0 Å². The van der Waals surface area contributed by atoms with Gasteiger partial charge in [-0.2, -0.15) is 0 Å². The number of guanidine groups is 1. The molecule has 0 atom stereocenters. The minimum absolute atomic E-state index is 0.0641. The highest BCUT2D eigenvalue weighted by molar-refractivity contribution is 5.80. The summed E-state index contributed by atoms with van der Waals surface area (Å²) < 4.78 is 0. The lowest BCUT2D eigenvalue weighted by molar-refractivity contribution is -0.120. The Balaban J connectivity index is 2.57. The second kappa shape index (κ2) is 11.5. The van der Waals surface area contributed by atoms with E-state index in [-0.39, 0.29) is 5.91 Å². The average Bonchev–Trinajstić information content (AvgIpc) is 2.59. The molecule has 0 radical (unpaired) electrons. The quantitative estimate of drug-likeness (QED) is 0.540. The Kier molecular flexibility index (Phi) is 9.58. The molecule has 0 heterocycles. The third-order valence-corrected chi connectivity index (χ3v) is 3.72. The van der Waals surface area contributed by atoms with Crippen molar-refractivity contribution in [2.75, 3.05) is 26.7 Å². The van der Waals surface area contributed by atoms with Gasteiger partial charge in [0.1, 0.15) is 0 Å². The molecule has 1 rings (SSSR count). The maximum atomic E-state index is 11.6. The van der Waals surface area contributed by atoms with Gasteiger partial charge in [-0.1, -0.05) is 38.1 Å². The molecule has 0 fully saturated rings. The summed E-state index contributed by atoms with van der Waals surface area (Å²) in [5.41, 5.74) is 2.60. The molecule has 0 bridgehead atoms. The number of amides is 1. The van der Waals surface area contributed by atoms with Gasteiger partial charge in [-0.3, -0.25) is 9.79 Å². The summed E-state index contributed by atoms with van der Waals surface area (Å²) in [5, 5.41) is 6.16. The molecule has 0 saturated heterocycles. The van der Waals surface area contributed by atoms with Crippen LogP contribution in [0.4, 0.5) is 0 Å². The van der Waals surface area contributed by atoms with Gasteiger partial charge in [-0.15, -0.1) is 0 Å². The predicted molar refractivity (Wildman–Crippen MR) is 101 cm³/mol. The van der Waals surface area contributed by atoms with Crippen LogP contribution in [0.15, 0.2) is 29.3 Å². The van der Waals surface area contributed by atoms with Crippen LogP contribution in [0.25, 0.3) is 0 Å². The Labute approximate surface area is 146 Å². The Hall–Kier alpha value is -2.04. The maximum Gasteiger partial charge on any atom is 0.221 e. The summed E-state index contributed by atoms with van der Waals surface area (Å²) in [4.78, 5) is 18.3. The zero-order valence-corrected chi connectivity index (χ0v) is 15.6. The number of nitrogens with one attached hydrogen (secondary N) is 2. The van der Waals surface area contributed by atoms with Gasteiger partial charge in [0.15, 0.2) is 5.96 Å². The van der Waals surface area contributed by atoms with E-state index in [0.717, 1.165) is 38.4 Å². The number of aryl methyl sites for hydroxylation is 1. The number of nitrogens with zero attached hydrogens (tertiary/aromatic N) is 2. The Bertz CT molecular complexity index is 511. The average molecular weight is 332 g/mol. The van der Waals surface area contributed by atoms with Crippen LogP contribution in [0.2, 0.25) is 0 Å². The molecule has 0 aromatic heterocycles. The normalized spacial score (nSPS) is 11.2. The smallest absolute Gasteiger partial charge is 0.221 e. The van der Waals surface area contributed by atoms with Crippen molar-refractivity contribution in [2.45, 2.75) is 46.6 Å². The zero-order chi connectivity index (χ0) is 17.8. The molecule has 1 aromatic rings. The maximum absolute atomic E-state index is 11.6. The van der Waals surface area contributed by atoms with Crippen LogP contribution in [0.1, 0.15) is 44.7 Å². The number of aliphatic imine (C=N–C) groups is 1. The van der Waals surface area contributed by atoms with Crippen molar-refractivity contribution in [1.82, 2.24) is 15.5 Å². The van der Waals surface area contributed by atoms with E-state index in [2.05, 4.69) is 51.7 Å². The first-order chi connectivity index (χ1) is 11.6. The predicted octanol–water partition coefficient (Wildman–Crippen LogP) is 2.56. The van der Waals surface area contributed by atoms with Gasteiger partial charge in [0.2, 0.25) is 5.91 Å². The second-order valence-corrected chi connectivity index (χ2v) is 5.86. The van der Waals surface area contributed by atoms with Crippen LogP contribution >= 0.6 is 0 Å². The fourth-order valence-electron chi connectivity index (χ4n) is 2.31. The largest absolute Gasteiger partial charge is 0.357 e. The molecule has 0 spiro atoms. The first-order valence-electron chi connectivity index (χ1n) is 8.94. The lowest BCUT2D eigenvalue weighted by Gasteiger charge is -2.22. The molecule has 134 valence electrons. The van der Waals surface area contributed by atoms with Gasteiger partial charge >= 0.3 is 0 Å². The van der Waals surface area contributed by atoms with E-state index in [1.165, 1.54) is 11.1 Å². The van der Waals surface area contributed by atoms with Crippen LogP contribution in [0.5, 0.6) is 0 Å². The summed E-state index contributed by atoms with van der Waals surface area (Å²) in [6.07, 6.45) is 2.44. The molecule has 2 N–H and O–H groups in total. The van der Waals surface area contributed by atoms with Gasteiger partial charge in [0.05, 0.1) is 6.54 Å². The van der Waals surface area contributed by atoms with Crippen LogP contribution in [0, 0.1) is 0 Å². The first-order valence-corrected chi connectivity index (χ1v) is 8.94. The summed E-state index contributed by atoms with van der Waals surface area (Å²) >= 11 is 0. The number of carbonyl (C=O) groups is 1. The molecule has 0 saturated carbocycles. The number of benzene rings is 1. The van der Waals surface area contributed by atoms with Crippen LogP contribution in [-0.4, -0.2) is 43.4 Å². The lowest BCUT2D eigenvalue weighted by Crippen LogP contribution is -2.38. The van der Waals surface area contributed by atoms with Gasteiger partial charge < -0.3 is 15.5 Å². The molecule has 0 aliphatic heterocycles.